The Morgan fingerprint density at radius 1 is 1.21 bits per heavy atom. The van der Waals surface area contributed by atoms with Crippen molar-refractivity contribution in [1.82, 2.24) is 0 Å². The Balaban J connectivity index is 2.41. The van der Waals surface area contributed by atoms with Crippen LogP contribution in [0.3, 0.4) is 0 Å². The zero-order valence-electron chi connectivity index (χ0n) is 8.16. The van der Waals surface area contributed by atoms with Crippen LogP contribution in [0.5, 0.6) is 0 Å². The van der Waals surface area contributed by atoms with Gasteiger partial charge >= 0.3 is 0 Å². The summed E-state index contributed by atoms with van der Waals surface area (Å²) in [6, 6.07) is 12.6. The second-order valence-electron chi connectivity index (χ2n) is 3.26. The summed E-state index contributed by atoms with van der Waals surface area (Å²) in [5.41, 5.74) is 8.34. The van der Waals surface area contributed by atoms with Crippen molar-refractivity contribution in [3.8, 4) is 10.4 Å². The van der Waals surface area contributed by atoms with Gasteiger partial charge in [-0.05, 0) is 29.7 Å². The van der Waals surface area contributed by atoms with Crippen molar-refractivity contribution in [2.45, 2.75) is 13.3 Å². The average Bonchev–Trinajstić information content (AvgIpc) is 2.65. The Morgan fingerprint density at radius 2 is 2.07 bits per heavy atom. The molecule has 14 heavy (non-hydrogen) atoms. The summed E-state index contributed by atoms with van der Waals surface area (Å²) in [6.45, 7) is 2.17. The number of thiophene rings is 1. The molecule has 72 valence electrons. The molecule has 0 radical (unpaired) electrons. The third-order valence-electron chi connectivity index (χ3n) is 2.25. The van der Waals surface area contributed by atoms with Gasteiger partial charge in [0.15, 0.2) is 0 Å². The van der Waals surface area contributed by atoms with Crippen molar-refractivity contribution in [3.05, 3.63) is 42.0 Å². The van der Waals surface area contributed by atoms with Gasteiger partial charge in [-0.15, -0.1) is 11.3 Å². The van der Waals surface area contributed by atoms with E-state index in [-0.39, 0.29) is 0 Å². The van der Waals surface area contributed by atoms with E-state index in [1.807, 2.05) is 6.07 Å². The zero-order chi connectivity index (χ0) is 9.97. The molecule has 1 aromatic heterocycles. The third kappa shape index (κ3) is 1.80. The summed E-state index contributed by atoms with van der Waals surface area (Å²) >= 11 is 1.64. The first-order chi connectivity index (χ1) is 6.79. The third-order valence-corrected chi connectivity index (χ3v) is 3.21. The molecule has 2 rings (SSSR count). The van der Waals surface area contributed by atoms with Crippen LogP contribution in [-0.2, 0) is 6.42 Å². The Bertz CT molecular complexity index is 431. The quantitative estimate of drug-likeness (QED) is 0.793. The van der Waals surface area contributed by atoms with E-state index in [2.05, 4.69) is 37.3 Å². The van der Waals surface area contributed by atoms with E-state index in [0.717, 1.165) is 11.4 Å². The van der Waals surface area contributed by atoms with Crippen LogP contribution < -0.4 is 5.73 Å². The van der Waals surface area contributed by atoms with Crippen LogP contribution in [0.15, 0.2) is 36.4 Å². The van der Waals surface area contributed by atoms with Crippen molar-refractivity contribution >= 4 is 16.3 Å². The van der Waals surface area contributed by atoms with Gasteiger partial charge in [0, 0.05) is 4.88 Å². The maximum atomic E-state index is 5.71. The highest BCUT2D eigenvalue weighted by Gasteiger charge is 2.00. The first-order valence-corrected chi connectivity index (χ1v) is 5.56. The normalized spacial score (nSPS) is 10.4. The molecule has 0 aliphatic rings. The highest BCUT2D eigenvalue weighted by atomic mass is 32.1. The molecule has 2 N–H and O–H groups in total. The first-order valence-electron chi connectivity index (χ1n) is 4.74. The fourth-order valence-corrected chi connectivity index (χ4v) is 2.22. The second-order valence-corrected chi connectivity index (χ2v) is 4.37. The van der Waals surface area contributed by atoms with Crippen LogP contribution in [0.1, 0.15) is 12.5 Å². The van der Waals surface area contributed by atoms with Gasteiger partial charge in [0.05, 0.1) is 5.00 Å². The molecule has 0 bridgehead atoms. The molecule has 0 saturated heterocycles. The maximum absolute atomic E-state index is 5.71. The lowest BCUT2D eigenvalue weighted by molar-refractivity contribution is 1.14. The highest BCUT2D eigenvalue weighted by Crippen LogP contribution is 2.29. The van der Waals surface area contributed by atoms with Gasteiger partial charge < -0.3 is 5.73 Å². The standard InChI is InChI=1S/C12H13NS/c1-2-9-4-3-5-10(8-9)11-6-7-12(13)14-11/h3-8H,2,13H2,1H3. The Morgan fingerprint density at radius 3 is 2.71 bits per heavy atom. The van der Waals surface area contributed by atoms with E-state index in [1.165, 1.54) is 16.0 Å². The SMILES string of the molecule is CCc1cccc(-c2ccc(N)s2)c1. The van der Waals surface area contributed by atoms with Gasteiger partial charge in [-0.3, -0.25) is 0 Å². The average molecular weight is 203 g/mol. The number of hydrogen-bond acceptors (Lipinski definition) is 2. The lowest BCUT2D eigenvalue weighted by Gasteiger charge is -2.00. The molecule has 0 spiro atoms. The molecule has 0 unspecified atom stereocenters. The van der Waals surface area contributed by atoms with E-state index >= 15 is 0 Å². The lowest BCUT2D eigenvalue weighted by atomic mass is 10.1. The number of nitrogen functional groups attached to an aromatic ring is 1. The minimum Gasteiger partial charge on any atom is -0.391 e. The molecular weight excluding hydrogens is 190 g/mol. The van der Waals surface area contributed by atoms with E-state index in [0.29, 0.717) is 0 Å². The summed E-state index contributed by atoms with van der Waals surface area (Å²) in [7, 11) is 0. The molecule has 0 fully saturated rings. The smallest absolute Gasteiger partial charge is 0.0862 e. The number of anilines is 1. The summed E-state index contributed by atoms with van der Waals surface area (Å²) in [5.74, 6) is 0. The fourth-order valence-electron chi connectivity index (χ4n) is 1.45. The van der Waals surface area contributed by atoms with Crippen LogP contribution in [-0.4, -0.2) is 0 Å². The molecule has 1 heterocycles. The summed E-state index contributed by atoms with van der Waals surface area (Å²) in [4.78, 5) is 1.25. The zero-order valence-corrected chi connectivity index (χ0v) is 8.97. The number of rotatable bonds is 2. The van der Waals surface area contributed by atoms with Crippen LogP contribution in [0.4, 0.5) is 5.00 Å². The Hall–Kier alpha value is -1.28. The van der Waals surface area contributed by atoms with Crippen molar-refractivity contribution in [3.63, 3.8) is 0 Å². The second kappa shape index (κ2) is 3.84. The Labute approximate surface area is 88.2 Å². The summed E-state index contributed by atoms with van der Waals surface area (Å²) < 4.78 is 0. The van der Waals surface area contributed by atoms with Gasteiger partial charge in [-0.1, -0.05) is 31.2 Å². The largest absolute Gasteiger partial charge is 0.391 e. The van der Waals surface area contributed by atoms with Crippen LogP contribution in [0.25, 0.3) is 10.4 Å². The minimum atomic E-state index is 0.877. The maximum Gasteiger partial charge on any atom is 0.0862 e. The van der Waals surface area contributed by atoms with Gasteiger partial charge in [-0.2, -0.15) is 0 Å². The Kier molecular flexibility index (Phi) is 2.55. The van der Waals surface area contributed by atoms with Crippen molar-refractivity contribution in [2.75, 3.05) is 5.73 Å². The summed E-state index contributed by atoms with van der Waals surface area (Å²) in [6.07, 6.45) is 1.08. The van der Waals surface area contributed by atoms with E-state index < -0.39 is 0 Å². The van der Waals surface area contributed by atoms with E-state index in [1.54, 1.807) is 11.3 Å². The molecule has 2 heteroatoms. The van der Waals surface area contributed by atoms with Gasteiger partial charge in [0.2, 0.25) is 0 Å². The van der Waals surface area contributed by atoms with Crippen molar-refractivity contribution < 1.29 is 0 Å². The molecule has 0 atom stereocenters. The molecule has 2 aromatic rings. The van der Waals surface area contributed by atoms with Gasteiger partial charge in [-0.25, -0.2) is 0 Å². The predicted molar refractivity (Wildman–Crippen MR) is 63.5 cm³/mol. The number of hydrogen-bond donors (Lipinski definition) is 1. The highest BCUT2D eigenvalue weighted by molar-refractivity contribution is 7.19. The molecule has 0 aliphatic heterocycles. The molecule has 0 saturated carbocycles. The van der Waals surface area contributed by atoms with E-state index in [4.69, 9.17) is 5.73 Å². The number of aryl methyl sites for hydroxylation is 1. The lowest BCUT2D eigenvalue weighted by Crippen LogP contribution is -1.79. The fraction of sp³-hybridized carbons (Fsp3) is 0.167. The molecular formula is C12H13NS. The van der Waals surface area contributed by atoms with Crippen molar-refractivity contribution in [1.29, 1.82) is 0 Å². The topological polar surface area (TPSA) is 26.0 Å². The van der Waals surface area contributed by atoms with Gasteiger partial charge in [0.25, 0.3) is 0 Å². The molecule has 0 aliphatic carbocycles. The molecule has 1 nitrogen and oxygen atoms in total. The number of benzene rings is 1. The first kappa shape index (κ1) is 9.28. The predicted octanol–water partition coefficient (Wildman–Crippen LogP) is 3.56. The number of nitrogens with two attached hydrogens (primary N) is 1. The monoisotopic (exact) mass is 203 g/mol. The van der Waals surface area contributed by atoms with Crippen LogP contribution in [0, 0.1) is 0 Å². The minimum absolute atomic E-state index is 0.877. The van der Waals surface area contributed by atoms with Crippen LogP contribution >= 0.6 is 11.3 Å². The van der Waals surface area contributed by atoms with Crippen LogP contribution in [0.2, 0.25) is 0 Å². The van der Waals surface area contributed by atoms with Gasteiger partial charge in [0.1, 0.15) is 0 Å². The molecule has 1 aromatic carbocycles. The van der Waals surface area contributed by atoms with E-state index in [9.17, 15) is 0 Å². The van der Waals surface area contributed by atoms with Crippen molar-refractivity contribution in [2.24, 2.45) is 0 Å². The summed E-state index contributed by atoms with van der Waals surface area (Å²) in [5, 5.41) is 0.877. The molecule has 0 amide bonds.